The Balaban J connectivity index is 1.87. The Morgan fingerprint density at radius 3 is 2.87 bits per heavy atom. The second kappa shape index (κ2) is 3.68. The van der Waals surface area contributed by atoms with E-state index in [9.17, 15) is 0 Å². The summed E-state index contributed by atoms with van der Waals surface area (Å²) in [5.74, 6) is 0. The van der Waals surface area contributed by atoms with E-state index in [1.54, 1.807) is 11.8 Å². The van der Waals surface area contributed by atoms with Gasteiger partial charge in [0.05, 0.1) is 12.3 Å². The topological polar surface area (TPSA) is 15.6 Å². The molecule has 0 bridgehead atoms. The van der Waals surface area contributed by atoms with Gasteiger partial charge in [-0.05, 0) is 23.1 Å². The molecular formula is C11H9BrN2S. The average molecular weight is 281 g/mol. The second-order valence-electron chi connectivity index (χ2n) is 3.50. The zero-order chi connectivity index (χ0) is 10.3. The first kappa shape index (κ1) is 9.48. The largest absolute Gasteiger partial charge is 0.341 e. The number of nitrogens with zero attached hydrogens (tertiary/aromatic N) is 2. The van der Waals surface area contributed by atoms with E-state index in [1.165, 1.54) is 11.3 Å². The van der Waals surface area contributed by atoms with Crippen LogP contribution in [0.4, 0.5) is 0 Å². The van der Waals surface area contributed by atoms with Crippen molar-refractivity contribution in [2.24, 2.45) is 4.99 Å². The fourth-order valence-corrected chi connectivity index (χ4v) is 2.85. The molecule has 0 saturated heterocycles. The summed E-state index contributed by atoms with van der Waals surface area (Å²) in [6.07, 6.45) is 2.12. The van der Waals surface area contributed by atoms with Gasteiger partial charge in [-0.15, -0.1) is 0 Å². The van der Waals surface area contributed by atoms with Crippen LogP contribution in [0.5, 0.6) is 0 Å². The molecule has 2 heterocycles. The van der Waals surface area contributed by atoms with E-state index in [4.69, 9.17) is 0 Å². The monoisotopic (exact) mass is 280 g/mol. The van der Waals surface area contributed by atoms with Gasteiger partial charge in [-0.2, -0.15) is 0 Å². The number of halogens is 1. The van der Waals surface area contributed by atoms with Crippen molar-refractivity contribution in [2.75, 3.05) is 6.54 Å². The Morgan fingerprint density at radius 2 is 2.13 bits per heavy atom. The van der Waals surface area contributed by atoms with Crippen LogP contribution in [0.25, 0.3) is 0 Å². The Bertz CT molecular complexity index is 438. The first-order chi connectivity index (χ1) is 7.33. The summed E-state index contributed by atoms with van der Waals surface area (Å²) in [6, 6.07) is 8.34. The first-order valence-corrected chi connectivity index (χ1v) is 6.47. The fourth-order valence-electron chi connectivity index (χ4n) is 1.73. The number of aliphatic imine (C=N–C) groups is 1. The molecule has 0 spiro atoms. The Labute approximate surface area is 101 Å². The summed E-state index contributed by atoms with van der Waals surface area (Å²) >= 11 is 5.20. The minimum Gasteiger partial charge on any atom is -0.341 e. The molecule has 2 nitrogen and oxygen atoms in total. The van der Waals surface area contributed by atoms with Crippen molar-refractivity contribution in [3.8, 4) is 0 Å². The van der Waals surface area contributed by atoms with Gasteiger partial charge in [-0.25, -0.2) is 0 Å². The maximum atomic E-state index is 4.68. The highest BCUT2D eigenvalue weighted by Crippen LogP contribution is 2.31. The van der Waals surface area contributed by atoms with Crippen LogP contribution in [0.3, 0.4) is 0 Å². The highest BCUT2D eigenvalue weighted by atomic mass is 79.9. The molecule has 0 radical (unpaired) electrons. The van der Waals surface area contributed by atoms with Crippen molar-refractivity contribution < 1.29 is 0 Å². The lowest BCUT2D eigenvalue weighted by Crippen LogP contribution is -2.19. The molecule has 0 saturated carbocycles. The Kier molecular flexibility index (Phi) is 2.33. The summed E-state index contributed by atoms with van der Waals surface area (Å²) in [4.78, 5) is 6.93. The minimum atomic E-state index is 0.281. The number of thioether (sulfide) groups is 1. The molecule has 0 aliphatic carbocycles. The van der Waals surface area contributed by atoms with Gasteiger partial charge in [0.15, 0.2) is 5.50 Å². The maximum Gasteiger partial charge on any atom is 0.173 e. The molecule has 15 heavy (non-hydrogen) atoms. The summed E-state index contributed by atoms with van der Waals surface area (Å²) in [5, 5.41) is 2.10. The summed E-state index contributed by atoms with van der Waals surface area (Å²) in [7, 11) is 0. The van der Waals surface area contributed by atoms with Crippen LogP contribution in [0, 0.1) is 0 Å². The quantitative estimate of drug-likeness (QED) is 0.786. The Hall–Kier alpha value is -0.740. The van der Waals surface area contributed by atoms with Gasteiger partial charge in [0.1, 0.15) is 0 Å². The molecule has 0 fully saturated rings. The zero-order valence-corrected chi connectivity index (χ0v) is 10.3. The first-order valence-electron chi connectivity index (χ1n) is 4.73. The van der Waals surface area contributed by atoms with E-state index < -0.39 is 0 Å². The summed E-state index contributed by atoms with van der Waals surface area (Å²) in [5.41, 5.74) is 2.69. The molecule has 76 valence electrons. The molecule has 1 aromatic carbocycles. The lowest BCUT2D eigenvalue weighted by Gasteiger charge is -2.11. The van der Waals surface area contributed by atoms with E-state index in [-0.39, 0.29) is 5.50 Å². The number of hydrogen-bond acceptors (Lipinski definition) is 3. The highest BCUT2D eigenvalue weighted by Gasteiger charge is 2.27. The van der Waals surface area contributed by atoms with Crippen LogP contribution < -0.4 is 0 Å². The van der Waals surface area contributed by atoms with Crippen LogP contribution in [0.15, 0.2) is 45.3 Å². The molecule has 2 aliphatic rings. The van der Waals surface area contributed by atoms with Crippen LogP contribution in [0.1, 0.15) is 5.56 Å². The highest BCUT2D eigenvalue weighted by molar-refractivity contribution is 9.10. The van der Waals surface area contributed by atoms with Crippen molar-refractivity contribution in [2.45, 2.75) is 5.50 Å². The van der Waals surface area contributed by atoms with E-state index >= 15 is 0 Å². The van der Waals surface area contributed by atoms with Crippen molar-refractivity contribution in [3.63, 3.8) is 0 Å². The molecule has 3 rings (SSSR count). The number of hydrogen-bond donors (Lipinski definition) is 0. The van der Waals surface area contributed by atoms with Crippen LogP contribution >= 0.6 is 27.7 Å². The molecule has 0 N–H and O–H groups in total. The van der Waals surface area contributed by atoms with Crippen molar-refractivity contribution in [1.29, 1.82) is 0 Å². The lowest BCUT2D eigenvalue weighted by atomic mass is 10.1. The summed E-state index contributed by atoms with van der Waals surface area (Å²) < 4.78 is 1.11. The number of rotatable bonds is 1. The van der Waals surface area contributed by atoms with Crippen LogP contribution in [-0.2, 0) is 0 Å². The second-order valence-corrected chi connectivity index (χ2v) is 5.38. The standard InChI is InChI=1S/C11H9BrN2S/c12-9-3-1-8(2-4-9)10-7-14-5-6-15-11(14)13-10/h1-6,11H,7H2. The predicted octanol–water partition coefficient (Wildman–Crippen LogP) is 3.06. The molecule has 0 amide bonds. The van der Waals surface area contributed by atoms with Gasteiger partial charge >= 0.3 is 0 Å². The molecule has 1 aromatic rings. The van der Waals surface area contributed by atoms with Gasteiger partial charge in [0, 0.05) is 10.7 Å². The predicted molar refractivity (Wildman–Crippen MR) is 67.9 cm³/mol. The summed E-state index contributed by atoms with van der Waals surface area (Å²) in [6.45, 7) is 0.926. The maximum absolute atomic E-state index is 4.68. The third kappa shape index (κ3) is 1.72. The van der Waals surface area contributed by atoms with Gasteiger partial charge in [-0.1, -0.05) is 39.8 Å². The van der Waals surface area contributed by atoms with Gasteiger partial charge in [0.25, 0.3) is 0 Å². The SMILES string of the molecule is Brc1ccc(C2=NC3SC=CN3C2)cc1. The minimum absolute atomic E-state index is 0.281. The van der Waals surface area contributed by atoms with Crippen molar-refractivity contribution >= 4 is 33.4 Å². The van der Waals surface area contributed by atoms with Gasteiger partial charge in [0.2, 0.25) is 0 Å². The molecule has 2 aliphatic heterocycles. The van der Waals surface area contributed by atoms with Gasteiger partial charge in [-0.3, -0.25) is 4.99 Å². The van der Waals surface area contributed by atoms with Crippen LogP contribution in [0.2, 0.25) is 0 Å². The van der Waals surface area contributed by atoms with Crippen molar-refractivity contribution in [3.05, 3.63) is 45.9 Å². The molecule has 0 aromatic heterocycles. The average Bonchev–Trinajstić information content (AvgIpc) is 2.78. The third-order valence-corrected chi connectivity index (χ3v) is 3.94. The molecule has 1 atom stereocenters. The van der Waals surface area contributed by atoms with E-state index in [2.05, 4.69) is 61.7 Å². The van der Waals surface area contributed by atoms with Crippen molar-refractivity contribution in [1.82, 2.24) is 4.90 Å². The molecule has 1 unspecified atom stereocenters. The van der Waals surface area contributed by atoms with E-state index in [0.717, 1.165) is 11.0 Å². The lowest BCUT2D eigenvalue weighted by molar-refractivity contribution is 0.448. The number of fused-ring (bicyclic) bond motifs is 1. The number of benzene rings is 1. The fraction of sp³-hybridized carbons (Fsp3) is 0.182. The third-order valence-electron chi connectivity index (χ3n) is 2.51. The van der Waals surface area contributed by atoms with E-state index in [1.807, 2.05) is 0 Å². The van der Waals surface area contributed by atoms with E-state index in [0.29, 0.717) is 0 Å². The Morgan fingerprint density at radius 1 is 1.33 bits per heavy atom. The molecule has 4 heteroatoms. The zero-order valence-electron chi connectivity index (χ0n) is 7.93. The van der Waals surface area contributed by atoms with Gasteiger partial charge < -0.3 is 4.90 Å². The molecular weight excluding hydrogens is 272 g/mol. The van der Waals surface area contributed by atoms with Crippen LogP contribution in [-0.4, -0.2) is 22.7 Å². The smallest absolute Gasteiger partial charge is 0.173 e. The normalized spacial score (nSPS) is 23.1.